The average Bonchev–Trinajstić information content (AvgIpc) is 1.25. The zero-order valence-corrected chi connectivity index (χ0v) is 64.5. The van der Waals surface area contributed by atoms with E-state index in [-0.39, 0.29) is 119 Å². The van der Waals surface area contributed by atoms with E-state index >= 15 is 9.59 Å². The van der Waals surface area contributed by atoms with Gasteiger partial charge in [-0.25, -0.2) is 4.79 Å². The molecule has 44 heteroatoms. The molecule has 1 aliphatic rings. The minimum Gasteiger partial charge on any atom is -0.497 e. The molecule has 0 unspecified atom stereocenters. The van der Waals surface area contributed by atoms with Gasteiger partial charge in [-0.3, -0.25) is 94.0 Å². The van der Waals surface area contributed by atoms with Gasteiger partial charge in [0.25, 0.3) is 17.3 Å². The maximum absolute atomic E-state index is 15.8. The summed E-state index contributed by atoms with van der Waals surface area (Å²) < 4.78 is 16.6. The Labute approximate surface area is 664 Å². The Bertz CT molecular complexity index is 4280. The molecule has 44 nitrogen and oxygen atoms in total. The molecule has 0 aliphatic carbocycles. The molecule has 1 fully saturated rings. The fraction of sp³-hybridized carbons (Fsp3) is 0.500. The Morgan fingerprint density at radius 2 is 1.27 bits per heavy atom. The van der Waals surface area contributed by atoms with Crippen LogP contribution in [0.2, 0.25) is 0 Å². The number of primary amides is 1. The number of ketones is 1. The number of hydrogen-bond donors (Lipinski definition) is 21. The van der Waals surface area contributed by atoms with Crippen LogP contribution in [-0.4, -0.2) is 215 Å². The molecule has 3 aromatic carbocycles. The molecule has 116 heavy (non-hydrogen) atoms. The van der Waals surface area contributed by atoms with Gasteiger partial charge in [-0.2, -0.15) is 0 Å². The van der Waals surface area contributed by atoms with Crippen molar-refractivity contribution in [3.05, 3.63) is 109 Å². The molecule has 26 N–H and O–H groups in total. The minimum atomic E-state index is -2.56. The van der Waals surface area contributed by atoms with Crippen molar-refractivity contribution in [1.29, 1.82) is 16.2 Å². The normalized spacial score (nSPS) is 14.6. The van der Waals surface area contributed by atoms with E-state index in [0.29, 0.717) is 30.4 Å². The van der Waals surface area contributed by atoms with E-state index in [0.717, 1.165) is 30.0 Å². The van der Waals surface area contributed by atoms with E-state index in [9.17, 15) is 78.1 Å². The van der Waals surface area contributed by atoms with Gasteiger partial charge in [-0.15, -0.1) is 0 Å². The molecule has 0 radical (unpaired) electrons. The number of carboxylic acid groups (broad SMARTS) is 1. The van der Waals surface area contributed by atoms with Crippen molar-refractivity contribution in [2.75, 3.05) is 58.3 Å². The van der Waals surface area contributed by atoms with Crippen molar-refractivity contribution in [3.63, 3.8) is 0 Å². The van der Waals surface area contributed by atoms with Crippen LogP contribution in [0.5, 0.6) is 11.5 Å². The number of carbonyl (C=O) groups excluding carboxylic acids is 11. The summed E-state index contributed by atoms with van der Waals surface area (Å²) in [4.78, 5) is 206. The SMILES string of the molecule is COc1ccc2c(CC(=O)[C@](CCCNC(=N)N)(NC(=O)[C@@H](N)CCCCOc3ccccc3)C(=O)N3CCC[C@H]3C(=O)N[C@@H](CC(C)C)C(=O)NCC(=O)N[C@@H](CNc3ccc([N+](=O)[O-])cc3[N+](=O)[O-])C(=O)N[C@@H](C)C(=O)N[C@H](CCCNC(=N)N)C(=O)N[C@H](CCC(=O)O)C(=O)N[C@H](CCCNC(=N)N)C(N)=O)cc(=O)oc2c1. The smallest absolute Gasteiger partial charge is 0.336 e. The van der Waals surface area contributed by atoms with Gasteiger partial charge in [0, 0.05) is 69.2 Å². The number of methoxy groups -OCH3 is 1. The van der Waals surface area contributed by atoms with Crippen molar-refractivity contribution in [2.45, 2.75) is 171 Å². The number of benzene rings is 3. The molecular formula is C72H103N23O21. The van der Waals surface area contributed by atoms with Crippen molar-refractivity contribution in [1.82, 2.24) is 63.4 Å². The van der Waals surface area contributed by atoms with Crippen LogP contribution in [0, 0.1) is 42.4 Å². The van der Waals surface area contributed by atoms with Gasteiger partial charge in [-0.1, -0.05) is 32.0 Å². The number of fused-ring (bicyclic) bond motifs is 1. The summed E-state index contributed by atoms with van der Waals surface area (Å²) in [7, 11) is 1.38. The number of anilines is 1. The van der Waals surface area contributed by atoms with Crippen LogP contribution in [0.15, 0.2) is 82.0 Å². The Hall–Kier alpha value is -13.3. The number of non-ortho nitro benzene ring substituents is 1. The van der Waals surface area contributed by atoms with E-state index in [4.69, 9.17) is 58.8 Å². The molecule has 0 spiro atoms. The van der Waals surface area contributed by atoms with Gasteiger partial charge in [0.05, 0.1) is 42.2 Å². The molecule has 2 heterocycles. The summed E-state index contributed by atoms with van der Waals surface area (Å²) in [5.74, 6) is -13.7. The fourth-order valence-electron chi connectivity index (χ4n) is 12.3. The first-order chi connectivity index (χ1) is 54.9. The van der Waals surface area contributed by atoms with E-state index in [1.54, 1.807) is 44.2 Å². The number of Topliss-reactive ketones (excluding diaryl/α,β-unsaturated/α-hetero) is 1. The van der Waals surface area contributed by atoms with Gasteiger partial charge >= 0.3 is 11.6 Å². The second-order valence-electron chi connectivity index (χ2n) is 27.7. The van der Waals surface area contributed by atoms with Crippen LogP contribution in [0.3, 0.4) is 0 Å². The lowest BCUT2D eigenvalue weighted by atomic mass is 9.82. The summed E-state index contributed by atoms with van der Waals surface area (Å²) in [6, 6.07) is 4.44. The van der Waals surface area contributed by atoms with E-state index < -0.39 is 208 Å². The zero-order chi connectivity index (χ0) is 85.9. The maximum Gasteiger partial charge on any atom is 0.336 e. The second-order valence-corrected chi connectivity index (χ2v) is 27.7. The molecule has 1 aromatic heterocycles. The summed E-state index contributed by atoms with van der Waals surface area (Å²) in [6.45, 7) is 2.74. The lowest BCUT2D eigenvalue weighted by Gasteiger charge is -2.38. The molecule has 9 atom stereocenters. The monoisotopic (exact) mass is 1630 g/mol. The number of nitrogens with two attached hydrogens (primary N) is 5. The first-order valence-corrected chi connectivity index (χ1v) is 37.1. The number of ether oxygens (including phenoxy) is 2. The van der Waals surface area contributed by atoms with Crippen LogP contribution in [0.1, 0.15) is 116 Å². The summed E-state index contributed by atoms with van der Waals surface area (Å²) in [5, 5.41) is 86.2. The van der Waals surface area contributed by atoms with E-state index in [1.807, 2.05) is 6.07 Å². The minimum absolute atomic E-state index is 0.0181. The van der Waals surface area contributed by atoms with Gasteiger partial charge in [0.2, 0.25) is 53.2 Å². The number of likely N-dealkylation sites (tertiary alicyclic amines) is 1. The molecule has 632 valence electrons. The Morgan fingerprint density at radius 3 is 1.87 bits per heavy atom. The molecular weight excluding hydrogens is 1520 g/mol. The fourth-order valence-corrected chi connectivity index (χ4v) is 12.3. The van der Waals surface area contributed by atoms with Crippen LogP contribution < -0.4 is 108 Å². The third-order valence-electron chi connectivity index (χ3n) is 18.3. The van der Waals surface area contributed by atoms with Crippen LogP contribution in [-0.2, 0) is 64.0 Å². The summed E-state index contributed by atoms with van der Waals surface area (Å²) >= 11 is 0. The zero-order valence-electron chi connectivity index (χ0n) is 64.5. The summed E-state index contributed by atoms with van der Waals surface area (Å²) in [6.07, 6.45) is -2.00. The van der Waals surface area contributed by atoms with E-state index in [2.05, 4.69) is 63.8 Å². The highest BCUT2D eigenvalue weighted by Crippen LogP contribution is 2.32. The van der Waals surface area contributed by atoms with Crippen LogP contribution in [0.4, 0.5) is 17.1 Å². The van der Waals surface area contributed by atoms with Crippen molar-refractivity contribution in [2.24, 2.45) is 34.6 Å². The number of unbranched alkanes of at least 4 members (excludes halogenated alkanes) is 1. The molecule has 0 saturated carbocycles. The largest absolute Gasteiger partial charge is 0.497 e. The number of amides is 10. The Morgan fingerprint density at radius 1 is 0.655 bits per heavy atom. The van der Waals surface area contributed by atoms with Crippen molar-refractivity contribution < 1.29 is 86.4 Å². The quantitative estimate of drug-likeness (QED) is 0.00413. The van der Waals surface area contributed by atoms with Crippen LogP contribution >= 0.6 is 0 Å². The molecule has 4 aromatic rings. The van der Waals surface area contributed by atoms with E-state index in [1.165, 1.54) is 19.2 Å². The predicted molar refractivity (Wildman–Crippen MR) is 419 cm³/mol. The number of hydrogen-bond acceptors (Lipinski definition) is 25. The number of aliphatic carboxylic acids is 1. The average molecular weight is 1630 g/mol. The summed E-state index contributed by atoms with van der Waals surface area (Å²) in [5.41, 5.74) is 23.1. The first-order valence-electron chi connectivity index (χ1n) is 37.1. The standard InChI is InChI=1S/C72H103N23O21/c1-39(2)32-51(91-67(108)53-19-12-30-93(53)68(109)72(26-13-29-83-71(79)80,92-62(103)46(73)16-8-9-31-115-43-14-6-5-7-15-43)56(96)33-41-34-59(100)116-55-36-44(114-4)21-22-45(41)55)63(104)85-38-57(97)87-52(37-84-47-23-20-42(94(110)111)35-54(47)95(112)113)66(107)86-40(3)61(102)89-49(18-11-28-82-70(77)78)64(105)90-50(24-25-58(98)99)65(106)88-48(60(74)101)17-10-27-81-69(75)76/h5-7,14-15,20-23,34-36,39-40,46,48-53,84H,8-13,16-19,24-33,37-38,73H2,1-4H3,(H2,74,101)(H,85,104)(H,86,107)(H,87,97)(H,88,106)(H,89,102)(H,90,105)(H,91,108)(H,92,103)(H,98,99)(H4,75,76,81)(H4,77,78,82)(H4,79,80,83)/t40-,46-,48+,49+,50+,51-,52-,53-,72-/m0/s1. The number of carboxylic acids is 1. The first kappa shape index (κ1) is 93.3. The second kappa shape index (κ2) is 46.0. The lowest BCUT2D eigenvalue weighted by Crippen LogP contribution is -2.68. The predicted octanol–water partition coefficient (Wildman–Crippen LogP) is -2.50. The Kier molecular flexibility index (Phi) is 37.0. The number of guanidine groups is 3. The number of nitrogens with one attached hydrogen (secondary N) is 15. The topological polar surface area (TPSA) is 709 Å². The number of nitrogens with zero attached hydrogens (tertiary/aromatic N) is 3. The lowest BCUT2D eigenvalue weighted by molar-refractivity contribution is -0.393. The number of carbonyl (C=O) groups is 12. The maximum atomic E-state index is 15.8. The highest BCUT2D eigenvalue weighted by atomic mass is 16.6. The number of nitro benzene ring substituents is 2. The van der Waals surface area contributed by atoms with Crippen molar-refractivity contribution >= 4 is 117 Å². The number of para-hydroxylation sites is 1. The van der Waals surface area contributed by atoms with Gasteiger partial charge in [-0.05, 0) is 132 Å². The van der Waals surface area contributed by atoms with Gasteiger partial charge < -0.3 is 116 Å². The van der Waals surface area contributed by atoms with Gasteiger partial charge in [0.15, 0.2) is 29.2 Å². The molecule has 5 rings (SSSR count). The molecule has 10 amide bonds. The Balaban J connectivity index is 1.42. The number of rotatable bonds is 50. The van der Waals surface area contributed by atoms with Crippen molar-refractivity contribution in [3.8, 4) is 11.5 Å². The highest BCUT2D eigenvalue weighted by molar-refractivity contribution is 6.15. The highest BCUT2D eigenvalue weighted by Gasteiger charge is 2.52. The third-order valence-corrected chi connectivity index (χ3v) is 18.3. The molecule has 0 bridgehead atoms. The molecule has 1 saturated heterocycles. The third kappa shape index (κ3) is 30.0. The number of nitro groups is 2. The molecule has 1 aliphatic heterocycles. The van der Waals surface area contributed by atoms with Gasteiger partial charge in [0.1, 0.15) is 65.1 Å². The van der Waals surface area contributed by atoms with Crippen LogP contribution in [0.25, 0.3) is 11.0 Å².